The Morgan fingerprint density at radius 3 is 2.18 bits per heavy atom. The lowest BCUT2D eigenvalue weighted by Crippen LogP contribution is -2.46. The maximum Gasteiger partial charge on any atom is 0.276 e. The van der Waals surface area contributed by atoms with Gasteiger partial charge in [-0.05, 0) is 49.2 Å². The second-order valence-corrected chi connectivity index (χ2v) is 7.10. The van der Waals surface area contributed by atoms with Crippen molar-refractivity contribution >= 4 is 29.5 Å². The second-order valence-electron chi connectivity index (χ2n) is 7.10. The van der Waals surface area contributed by atoms with E-state index in [-0.39, 0.29) is 11.6 Å². The zero-order valence-electron chi connectivity index (χ0n) is 15.8. The molecule has 0 aliphatic carbocycles. The van der Waals surface area contributed by atoms with Gasteiger partial charge in [0.05, 0.1) is 0 Å². The van der Waals surface area contributed by atoms with E-state index in [1.54, 1.807) is 17.0 Å². The molecule has 2 fully saturated rings. The zero-order valence-corrected chi connectivity index (χ0v) is 15.8. The molecule has 2 saturated heterocycles. The first-order valence-electron chi connectivity index (χ1n) is 9.67. The minimum Gasteiger partial charge on any atom is -0.372 e. The molecule has 1 N–H and O–H groups in total. The maximum absolute atomic E-state index is 12.4. The summed E-state index contributed by atoms with van der Waals surface area (Å²) in [6, 6.07) is 11.4. The molecule has 4 rings (SSSR count). The molecule has 0 saturated carbocycles. The summed E-state index contributed by atoms with van der Waals surface area (Å²) in [6.07, 6.45) is 3.34. The topological polar surface area (TPSA) is 81.7 Å². The first-order valence-corrected chi connectivity index (χ1v) is 9.67. The van der Waals surface area contributed by atoms with Crippen LogP contribution in [-0.2, 0) is 4.79 Å². The summed E-state index contributed by atoms with van der Waals surface area (Å²) in [5, 5.41) is 11.1. The maximum atomic E-state index is 12.4. The first-order chi connectivity index (χ1) is 13.7. The fourth-order valence-electron chi connectivity index (χ4n) is 3.60. The minimum atomic E-state index is -0.279. The molecule has 2 aliphatic heterocycles. The molecule has 0 spiro atoms. The molecule has 1 aromatic heterocycles. The third-order valence-electron chi connectivity index (χ3n) is 5.27. The van der Waals surface area contributed by atoms with Crippen molar-refractivity contribution in [3.8, 4) is 0 Å². The molecule has 146 valence electrons. The largest absolute Gasteiger partial charge is 0.372 e. The van der Waals surface area contributed by atoms with Crippen molar-refractivity contribution in [3.05, 3.63) is 42.1 Å². The Bertz CT molecular complexity index is 810. The summed E-state index contributed by atoms with van der Waals surface area (Å²) >= 11 is 0. The van der Waals surface area contributed by atoms with Gasteiger partial charge in [0.2, 0.25) is 6.41 Å². The number of carbonyl (C=O) groups excluding carboxylic acids is 2. The van der Waals surface area contributed by atoms with Crippen LogP contribution in [0, 0.1) is 0 Å². The van der Waals surface area contributed by atoms with Crippen LogP contribution in [0.1, 0.15) is 23.3 Å². The van der Waals surface area contributed by atoms with Crippen LogP contribution in [-0.4, -0.2) is 66.7 Å². The van der Waals surface area contributed by atoms with Gasteiger partial charge in [-0.1, -0.05) is 0 Å². The normalized spacial score (nSPS) is 16.9. The molecule has 2 aromatic rings. The van der Waals surface area contributed by atoms with E-state index in [2.05, 4.69) is 25.3 Å². The van der Waals surface area contributed by atoms with Gasteiger partial charge in [-0.3, -0.25) is 9.59 Å². The average Bonchev–Trinajstić information content (AvgIpc) is 3.29. The van der Waals surface area contributed by atoms with Gasteiger partial charge in [-0.25, -0.2) is 0 Å². The van der Waals surface area contributed by atoms with E-state index in [0.29, 0.717) is 26.2 Å². The lowest BCUT2D eigenvalue weighted by atomic mass is 10.2. The van der Waals surface area contributed by atoms with Gasteiger partial charge in [-0.2, -0.15) is 0 Å². The van der Waals surface area contributed by atoms with Crippen LogP contribution in [0.5, 0.6) is 0 Å². The fourth-order valence-corrected chi connectivity index (χ4v) is 3.60. The molecule has 8 heteroatoms. The van der Waals surface area contributed by atoms with Gasteiger partial charge in [-0.15, -0.1) is 10.2 Å². The summed E-state index contributed by atoms with van der Waals surface area (Å²) in [5.41, 5.74) is 2.21. The fraction of sp³-hybridized carbons (Fsp3) is 0.400. The number of nitrogens with zero attached hydrogens (tertiary/aromatic N) is 5. The number of carbonyl (C=O) groups is 2. The van der Waals surface area contributed by atoms with Crippen LogP contribution >= 0.6 is 0 Å². The molecular weight excluding hydrogens is 356 g/mol. The van der Waals surface area contributed by atoms with Crippen molar-refractivity contribution in [3.63, 3.8) is 0 Å². The number of aromatic nitrogens is 2. The summed E-state index contributed by atoms with van der Waals surface area (Å²) in [4.78, 5) is 29.4. The monoisotopic (exact) mass is 380 g/mol. The predicted molar refractivity (Wildman–Crippen MR) is 108 cm³/mol. The third kappa shape index (κ3) is 4.05. The Hall–Kier alpha value is -3.16. The number of hydrogen-bond donors (Lipinski definition) is 1. The molecule has 3 heterocycles. The number of rotatable bonds is 5. The van der Waals surface area contributed by atoms with E-state index in [9.17, 15) is 9.59 Å². The molecule has 8 nitrogen and oxygen atoms in total. The predicted octanol–water partition coefficient (Wildman–Crippen LogP) is 1.61. The minimum absolute atomic E-state index is 0.277. The molecule has 1 aromatic carbocycles. The van der Waals surface area contributed by atoms with Crippen LogP contribution < -0.4 is 15.1 Å². The molecule has 0 atom stereocenters. The van der Waals surface area contributed by atoms with Crippen molar-refractivity contribution in [1.82, 2.24) is 15.1 Å². The molecule has 0 radical (unpaired) electrons. The highest BCUT2D eigenvalue weighted by atomic mass is 16.2. The second kappa shape index (κ2) is 8.24. The van der Waals surface area contributed by atoms with Crippen LogP contribution in [0.3, 0.4) is 0 Å². The number of piperazine rings is 1. The van der Waals surface area contributed by atoms with Crippen LogP contribution in [0.15, 0.2) is 36.4 Å². The molecule has 2 amide bonds. The van der Waals surface area contributed by atoms with E-state index in [0.717, 1.165) is 31.0 Å². The molecular formula is C20H24N6O2. The van der Waals surface area contributed by atoms with Crippen molar-refractivity contribution in [2.24, 2.45) is 0 Å². The number of nitrogens with one attached hydrogen (secondary N) is 1. The zero-order chi connectivity index (χ0) is 19.3. The number of amides is 2. The quantitative estimate of drug-likeness (QED) is 0.794. The van der Waals surface area contributed by atoms with Gasteiger partial charge in [0.25, 0.3) is 5.91 Å². The van der Waals surface area contributed by atoms with Crippen molar-refractivity contribution < 1.29 is 9.59 Å². The molecule has 2 aliphatic rings. The molecule has 28 heavy (non-hydrogen) atoms. The average molecular weight is 380 g/mol. The van der Waals surface area contributed by atoms with Crippen molar-refractivity contribution in [2.45, 2.75) is 12.8 Å². The van der Waals surface area contributed by atoms with Crippen LogP contribution in [0.4, 0.5) is 17.2 Å². The van der Waals surface area contributed by atoms with Gasteiger partial charge >= 0.3 is 0 Å². The number of benzene rings is 1. The van der Waals surface area contributed by atoms with E-state index in [4.69, 9.17) is 0 Å². The summed E-state index contributed by atoms with van der Waals surface area (Å²) < 4.78 is 0. The SMILES string of the molecule is O=CN1CCN(c2ccc(C(=O)Nc3ccc(N4CCCC4)cc3)nn2)CC1. The third-order valence-corrected chi connectivity index (χ3v) is 5.27. The lowest BCUT2D eigenvalue weighted by Gasteiger charge is -2.32. The first kappa shape index (κ1) is 18.2. The van der Waals surface area contributed by atoms with Crippen LogP contribution in [0.2, 0.25) is 0 Å². The van der Waals surface area contributed by atoms with E-state index in [1.165, 1.54) is 18.5 Å². The Morgan fingerprint density at radius 1 is 0.857 bits per heavy atom. The highest BCUT2D eigenvalue weighted by Crippen LogP contribution is 2.22. The Balaban J connectivity index is 1.35. The van der Waals surface area contributed by atoms with E-state index < -0.39 is 0 Å². The van der Waals surface area contributed by atoms with E-state index in [1.807, 2.05) is 24.3 Å². The van der Waals surface area contributed by atoms with Crippen molar-refractivity contribution in [1.29, 1.82) is 0 Å². The van der Waals surface area contributed by atoms with Crippen LogP contribution in [0.25, 0.3) is 0 Å². The summed E-state index contributed by atoms with van der Waals surface area (Å²) in [7, 11) is 0. The number of hydrogen-bond acceptors (Lipinski definition) is 6. The van der Waals surface area contributed by atoms with Crippen molar-refractivity contribution in [2.75, 3.05) is 54.4 Å². The van der Waals surface area contributed by atoms with Gasteiger partial charge in [0.15, 0.2) is 11.5 Å². The summed E-state index contributed by atoms with van der Waals surface area (Å²) in [5.74, 6) is 0.441. The Labute approximate surface area is 164 Å². The molecule has 0 bridgehead atoms. The van der Waals surface area contributed by atoms with Gasteiger partial charge < -0.3 is 20.0 Å². The van der Waals surface area contributed by atoms with Gasteiger partial charge in [0, 0.05) is 50.6 Å². The lowest BCUT2D eigenvalue weighted by molar-refractivity contribution is -0.118. The highest BCUT2D eigenvalue weighted by Gasteiger charge is 2.18. The standard InChI is InChI=1S/C20H24N6O2/c27-15-24-11-13-26(14-12-24)19-8-7-18(22-23-19)20(28)21-16-3-5-17(6-4-16)25-9-1-2-10-25/h3-8,15H,1-2,9-14H2,(H,21,28). The molecule has 0 unspecified atom stereocenters. The summed E-state index contributed by atoms with van der Waals surface area (Å²) in [6.45, 7) is 4.95. The Kier molecular flexibility index (Phi) is 5.36. The van der Waals surface area contributed by atoms with E-state index >= 15 is 0 Å². The smallest absolute Gasteiger partial charge is 0.276 e. The Morgan fingerprint density at radius 2 is 1.57 bits per heavy atom. The number of anilines is 3. The van der Waals surface area contributed by atoms with Gasteiger partial charge in [0.1, 0.15) is 0 Å². The highest BCUT2D eigenvalue weighted by molar-refractivity contribution is 6.02.